The van der Waals surface area contributed by atoms with Gasteiger partial charge in [0.05, 0.1) is 5.75 Å². The number of halogens is 1. The van der Waals surface area contributed by atoms with E-state index < -0.39 is 0 Å². The zero-order valence-electron chi connectivity index (χ0n) is 12.0. The van der Waals surface area contributed by atoms with Gasteiger partial charge in [0.25, 0.3) is 0 Å². The first-order valence-corrected chi connectivity index (χ1v) is 7.60. The van der Waals surface area contributed by atoms with Gasteiger partial charge < -0.3 is 4.90 Å². The van der Waals surface area contributed by atoms with Gasteiger partial charge in [0.1, 0.15) is 11.6 Å². The summed E-state index contributed by atoms with van der Waals surface area (Å²) in [6, 6.07) is 6.45. The van der Waals surface area contributed by atoms with Crippen molar-refractivity contribution in [2.24, 2.45) is 0 Å². The van der Waals surface area contributed by atoms with E-state index in [0.29, 0.717) is 10.7 Å². The van der Waals surface area contributed by atoms with Gasteiger partial charge in [0, 0.05) is 25.6 Å². The number of benzene rings is 1. The molecule has 0 aliphatic heterocycles. The maximum atomic E-state index is 13.5. The highest BCUT2D eigenvalue weighted by atomic mass is 32.2. The molecule has 2 aromatic rings. The second kappa shape index (κ2) is 7.21. The number of nitrogens with zero attached hydrogens (tertiary/aromatic N) is 3. The summed E-state index contributed by atoms with van der Waals surface area (Å²) in [6.45, 7) is 2.22. The molecule has 0 aliphatic rings. The number of hydrogen-bond acceptors (Lipinski definition) is 4. The van der Waals surface area contributed by atoms with Gasteiger partial charge in [0.2, 0.25) is 11.1 Å². The quantitative estimate of drug-likeness (QED) is 0.832. The lowest BCUT2D eigenvalue weighted by Crippen LogP contribution is -2.28. The van der Waals surface area contributed by atoms with Crippen molar-refractivity contribution >= 4 is 17.7 Å². The number of aryl methyl sites for hydroxylation is 1. The summed E-state index contributed by atoms with van der Waals surface area (Å²) >= 11 is 1.27. The second-order valence-electron chi connectivity index (χ2n) is 4.55. The van der Waals surface area contributed by atoms with Crippen LogP contribution in [0.15, 0.2) is 29.4 Å². The molecule has 0 bridgehead atoms. The lowest BCUT2D eigenvalue weighted by Gasteiger charge is -2.17. The van der Waals surface area contributed by atoms with Gasteiger partial charge in [-0.2, -0.15) is 0 Å². The molecule has 0 radical (unpaired) electrons. The summed E-state index contributed by atoms with van der Waals surface area (Å²) in [5.74, 6) is 0.633. The van der Waals surface area contributed by atoms with Gasteiger partial charge in [-0.05, 0) is 6.07 Å². The van der Waals surface area contributed by atoms with E-state index in [-0.39, 0.29) is 24.0 Å². The highest BCUT2D eigenvalue weighted by Crippen LogP contribution is 2.14. The van der Waals surface area contributed by atoms with Gasteiger partial charge in [-0.25, -0.2) is 9.37 Å². The summed E-state index contributed by atoms with van der Waals surface area (Å²) in [6.07, 6.45) is 0.773. The molecule has 21 heavy (non-hydrogen) atoms. The number of H-pyrrole nitrogens is 1. The molecule has 1 amide bonds. The second-order valence-corrected chi connectivity index (χ2v) is 5.49. The van der Waals surface area contributed by atoms with Crippen LogP contribution in [0.5, 0.6) is 0 Å². The number of hydrogen-bond donors (Lipinski definition) is 1. The van der Waals surface area contributed by atoms with Gasteiger partial charge in [-0.3, -0.25) is 9.89 Å². The molecule has 2 rings (SSSR count). The molecule has 5 nitrogen and oxygen atoms in total. The molecule has 0 aliphatic carbocycles. The van der Waals surface area contributed by atoms with Crippen molar-refractivity contribution in [2.75, 3.05) is 12.8 Å². The first kappa shape index (κ1) is 15.5. The number of carbonyl (C=O) groups is 1. The summed E-state index contributed by atoms with van der Waals surface area (Å²) in [4.78, 5) is 17.7. The third-order valence-electron chi connectivity index (χ3n) is 2.96. The van der Waals surface area contributed by atoms with Crippen LogP contribution in [0.25, 0.3) is 0 Å². The molecule has 0 spiro atoms. The van der Waals surface area contributed by atoms with Crippen LogP contribution in [-0.2, 0) is 17.8 Å². The molecular weight excluding hydrogens is 291 g/mol. The van der Waals surface area contributed by atoms with Gasteiger partial charge in [-0.1, -0.05) is 36.9 Å². The fraction of sp³-hybridized carbons (Fsp3) is 0.357. The largest absolute Gasteiger partial charge is 0.341 e. The van der Waals surface area contributed by atoms with Crippen LogP contribution in [0.1, 0.15) is 18.3 Å². The van der Waals surface area contributed by atoms with Crippen molar-refractivity contribution in [3.63, 3.8) is 0 Å². The van der Waals surface area contributed by atoms with E-state index in [1.54, 1.807) is 25.2 Å². The summed E-state index contributed by atoms with van der Waals surface area (Å²) in [5.41, 5.74) is 0.504. The van der Waals surface area contributed by atoms with Crippen molar-refractivity contribution in [1.29, 1.82) is 0 Å². The predicted octanol–water partition coefficient (Wildman–Crippen LogP) is 2.26. The van der Waals surface area contributed by atoms with E-state index >= 15 is 0 Å². The Kier molecular flexibility index (Phi) is 5.32. The Balaban J connectivity index is 1.86. The average Bonchev–Trinajstić information content (AvgIpc) is 2.95. The number of thioether (sulfide) groups is 1. The van der Waals surface area contributed by atoms with Crippen LogP contribution in [0, 0.1) is 5.82 Å². The Hall–Kier alpha value is -1.89. The van der Waals surface area contributed by atoms with Crippen LogP contribution < -0.4 is 0 Å². The molecule has 1 aromatic carbocycles. The molecule has 112 valence electrons. The van der Waals surface area contributed by atoms with Crippen LogP contribution in [0.2, 0.25) is 0 Å². The third kappa shape index (κ3) is 4.29. The highest BCUT2D eigenvalue weighted by Gasteiger charge is 2.13. The van der Waals surface area contributed by atoms with E-state index in [2.05, 4.69) is 15.2 Å². The Morgan fingerprint density at radius 3 is 2.86 bits per heavy atom. The molecular formula is C14H17FN4OS. The number of nitrogens with one attached hydrogen (secondary N) is 1. The Bertz CT molecular complexity index is 617. The Labute approximate surface area is 127 Å². The molecule has 1 N–H and O–H groups in total. The monoisotopic (exact) mass is 308 g/mol. The summed E-state index contributed by atoms with van der Waals surface area (Å²) in [7, 11) is 1.66. The van der Waals surface area contributed by atoms with Crippen LogP contribution in [0.4, 0.5) is 4.39 Å². The number of rotatable bonds is 6. The van der Waals surface area contributed by atoms with Crippen molar-refractivity contribution < 1.29 is 9.18 Å². The van der Waals surface area contributed by atoms with Crippen LogP contribution in [-0.4, -0.2) is 38.8 Å². The van der Waals surface area contributed by atoms with E-state index in [9.17, 15) is 9.18 Å². The number of carbonyl (C=O) groups excluding carboxylic acids is 1. The summed E-state index contributed by atoms with van der Waals surface area (Å²) in [5, 5.41) is 7.37. The molecule has 1 aromatic heterocycles. The average molecular weight is 308 g/mol. The van der Waals surface area contributed by atoms with Gasteiger partial charge >= 0.3 is 0 Å². The lowest BCUT2D eigenvalue weighted by atomic mass is 10.2. The Morgan fingerprint density at radius 1 is 1.43 bits per heavy atom. The first-order chi connectivity index (χ1) is 10.1. The molecule has 0 saturated heterocycles. The van der Waals surface area contributed by atoms with Crippen molar-refractivity contribution in [3.8, 4) is 0 Å². The third-order valence-corrected chi connectivity index (χ3v) is 3.79. The Morgan fingerprint density at radius 2 is 2.19 bits per heavy atom. The summed E-state index contributed by atoms with van der Waals surface area (Å²) < 4.78 is 13.5. The molecule has 1 heterocycles. The molecule has 0 atom stereocenters. The van der Waals surface area contributed by atoms with E-state index in [1.807, 2.05) is 6.92 Å². The standard InChI is InChI=1S/C14H17FN4OS/c1-3-12-16-14(18-17-12)21-9-13(20)19(2)8-10-6-4-5-7-11(10)15/h4-7H,3,8-9H2,1-2H3,(H,16,17,18). The number of amides is 1. The van der Waals surface area contributed by atoms with Crippen LogP contribution >= 0.6 is 11.8 Å². The molecule has 7 heteroatoms. The molecule has 0 fully saturated rings. The number of aromatic nitrogens is 3. The van der Waals surface area contributed by atoms with Gasteiger partial charge in [0.15, 0.2) is 0 Å². The van der Waals surface area contributed by atoms with Gasteiger partial charge in [-0.15, -0.1) is 5.10 Å². The van der Waals surface area contributed by atoms with Crippen molar-refractivity contribution in [1.82, 2.24) is 20.1 Å². The highest BCUT2D eigenvalue weighted by molar-refractivity contribution is 7.99. The van der Waals surface area contributed by atoms with Crippen molar-refractivity contribution in [3.05, 3.63) is 41.5 Å². The first-order valence-electron chi connectivity index (χ1n) is 6.61. The minimum Gasteiger partial charge on any atom is -0.341 e. The molecule has 0 unspecified atom stereocenters. The zero-order chi connectivity index (χ0) is 15.2. The maximum absolute atomic E-state index is 13.5. The lowest BCUT2D eigenvalue weighted by molar-refractivity contribution is -0.127. The van der Waals surface area contributed by atoms with E-state index in [0.717, 1.165) is 12.2 Å². The fourth-order valence-electron chi connectivity index (χ4n) is 1.71. The van der Waals surface area contributed by atoms with E-state index in [1.165, 1.54) is 22.7 Å². The molecule has 0 saturated carbocycles. The van der Waals surface area contributed by atoms with Crippen LogP contribution in [0.3, 0.4) is 0 Å². The SMILES string of the molecule is CCc1nc(SCC(=O)N(C)Cc2ccccc2F)n[nH]1. The number of aromatic amines is 1. The minimum absolute atomic E-state index is 0.0916. The smallest absolute Gasteiger partial charge is 0.233 e. The zero-order valence-corrected chi connectivity index (χ0v) is 12.8. The topological polar surface area (TPSA) is 61.9 Å². The minimum atomic E-state index is -0.300. The fourth-order valence-corrected chi connectivity index (χ4v) is 2.47. The normalized spacial score (nSPS) is 10.6. The van der Waals surface area contributed by atoms with Crippen molar-refractivity contribution in [2.45, 2.75) is 25.0 Å². The maximum Gasteiger partial charge on any atom is 0.233 e. The predicted molar refractivity (Wildman–Crippen MR) is 79.4 cm³/mol. The van der Waals surface area contributed by atoms with E-state index in [4.69, 9.17) is 0 Å².